The molecule has 0 unspecified atom stereocenters. The molecule has 0 aromatic heterocycles. The largest absolute Gasteiger partial charge is 0.444 e. The van der Waals surface area contributed by atoms with Gasteiger partial charge in [-0.25, -0.2) is 41.1 Å². The van der Waals surface area contributed by atoms with Gasteiger partial charge >= 0.3 is 18.2 Å². The van der Waals surface area contributed by atoms with Crippen LogP contribution in [0.25, 0.3) is 0 Å². The summed E-state index contributed by atoms with van der Waals surface area (Å²) in [5.41, 5.74) is 10.2. The Kier molecular flexibility index (Phi) is 14.1. The number of nitriles is 1. The second-order valence-corrected chi connectivity index (χ2v) is 25.3. The number of aryl methyl sites for hydroxylation is 4. The molecule has 2 aromatic rings. The van der Waals surface area contributed by atoms with Crippen LogP contribution in [-0.4, -0.2) is 141 Å². The van der Waals surface area contributed by atoms with E-state index in [-0.39, 0.29) is 24.3 Å². The number of amides is 4. The van der Waals surface area contributed by atoms with Crippen LogP contribution in [0.2, 0.25) is 0 Å². The van der Waals surface area contributed by atoms with Gasteiger partial charge in [-0.15, -0.1) is 5.26 Å². The minimum Gasteiger partial charge on any atom is -0.444 e. The maximum atomic E-state index is 12.8. The summed E-state index contributed by atoms with van der Waals surface area (Å²) < 4.78 is 65.8. The molecule has 4 N–H and O–H groups in total. The molecule has 0 saturated carbocycles. The van der Waals surface area contributed by atoms with Crippen LogP contribution in [0.1, 0.15) is 112 Å². The van der Waals surface area contributed by atoms with Crippen LogP contribution in [0, 0.1) is 11.5 Å². The lowest BCUT2D eigenvalue weighted by Gasteiger charge is -2.51. The van der Waals surface area contributed by atoms with Gasteiger partial charge in [0.15, 0.2) is 0 Å². The van der Waals surface area contributed by atoms with Crippen LogP contribution >= 0.6 is 0 Å². The van der Waals surface area contributed by atoms with Crippen molar-refractivity contribution in [3.05, 3.63) is 56.6 Å². The van der Waals surface area contributed by atoms with E-state index in [1.807, 2.05) is 57.6 Å². The normalized spacial score (nSPS) is 20.6. The van der Waals surface area contributed by atoms with Crippen molar-refractivity contribution in [3.63, 3.8) is 0 Å². The van der Waals surface area contributed by atoms with Crippen molar-refractivity contribution in [3.8, 4) is 12.0 Å². The topological polar surface area (TPSA) is 234 Å². The zero-order valence-corrected chi connectivity index (χ0v) is 42.0. The molecule has 2 aromatic carbocycles. The van der Waals surface area contributed by atoms with E-state index in [1.165, 1.54) is 57.3 Å². The molecule has 372 valence electrons. The molecule has 68 heavy (non-hydrogen) atoms. The van der Waals surface area contributed by atoms with Gasteiger partial charge in [-0.05, 0) is 163 Å². The molecular formula is C48H68N8O10S2. The van der Waals surface area contributed by atoms with Gasteiger partial charge in [0.25, 0.3) is 6.26 Å². The van der Waals surface area contributed by atoms with Crippen LogP contribution in [0.4, 0.5) is 20.1 Å². The van der Waals surface area contributed by atoms with E-state index < -0.39 is 47.8 Å². The molecule has 0 bridgehead atoms. The second kappa shape index (κ2) is 19.3. The Hall–Kier alpha value is -4.68. The first kappa shape index (κ1) is 49.7. The molecule has 8 aliphatic rings. The summed E-state index contributed by atoms with van der Waals surface area (Å²) in [5, 5.41) is 15.6. The van der Waals surface area contributed by atoms with Crippen molar-refractivity contribution in [2.75, 3.05) is 57.7 Å². The van der Waals surface area contributed by atoms with Gasteiger partial charge in [0.05, 0.1) is 0 Å². The van der Waals surface area contributed by atoms with Crippen LogP contribution in [-0.2, 0) is 80.9 Å². The van der Waals surface area contributed by atoms with Gasteiger partial charge in [-0.1, -0.05) is 12.1 Å². The van der Waals surface area contributed by atoms with E-state index in [2.05, 4.69) is 22.2 Å². The third kappa shape index (κ3) is 11.2. The van der Waals surface area contributed by atoms with Crippen molar-refractivity contribution in [2.45, 2.75) is 152 Å². The quantitative estimate of drug-likeness (QED) is 0.324. The van der Waals surface area contributed by atoms with E-state index in [1.54, 1.807) is 9.80 Å². The minimum atomic E-state index is -3.78. The molecule has 10 rings (SSSR count). The van der Waals surface area contributed by atoms with Crippen LogP contribution in [0.3, 0.4) is 0 Å². The number of ether oxygens (including phenoxy) is 3. The second-order valence-electron chi connectivity index (χ2n) is 21.5. The number of benzene rings is 2. The summed E-state index contributed by atoms with van der Waals surface area (Å²) in [6.45, 7) is 14.8. The van der Waals surface area contributed by atoms with E-state index in [0.29, 0.717) is 52.4 Å². The molecule has 4 aliphatic carbocycles. The number of primary sulfonamides is 1. The van der Waals surface area contributed by atoms with Crippen LogP contribution in [0.5, 0.6) is 5.75 Å². The number of carbonyl (C=O) groups is 3. The maximum absolute atomic E-state index is 12.8. The van der Waals surface area contributed by atoms with Gasteiger partial charge < -0.3 is 29.3 Å². The zero-order valence-electron chi connectivity index (χ0n) is 40.3. The number of rotatable bonds is 7. The zero-order chi connectivity index (χ0) is 48.9. The van der Waals surface area contributed by atoms with Crippen molar-refractivity contribution >= 4 is 44.0 Å². The molecule has 18 nitrogen and oxygen atoms in total. The fourth-order valence-corrected chi connectivity index (χ4v) is 12.6. The number of likely N-dealkylation sites (tertiary alicyclic amines) is 4. The Morgan fingerprint density at radius 3 is 1.38 bits per heavy atom. The molecule has 4 amide bonds. The molecule has 0 radical (unpaired) electrons. The Morgan fingerprint density at radius 2 is 1.00 bits per heavy atom. The predicted molar refractivity (Wildman–Crippen MR) is 255 cm³/mol. The van der Waals surface area contributed by atoms with E-state index >= 15 is 0 Å². The fraction of sp³-hybridized carbons (Fsp3) is 0.667. The lowest BCUT2D eigenvalue weighted by molar-refractivity contribution is -0.0279. The number of sulfonamides is 2. The van der Waals surface area contributed by atoms with Gasteiger partial charge in [-0.3, -0.25) is 9.80 Å². The number of anilines is 1. The average molecular weight is 981 g/mol. The molecule has 4 aliphatic heterocycles. The number of urea groups is 1. The summed E-state index contributed by atoms with van der Waals surface area (Å²) in [4.78, 5) is 43.8. The highest BCUT2D eigenvalue weighted by atomic mass is 32.2. The van der Waals surface area contributed by atoms with Crippen molar-refractivity contribution in [1.29, 1.82) is 5.26 Å². The number of nitrogens with zero attached hydrogens (tertiary/aromatic N) is 5. The standard InChI is InChI=1S/C24H34N4O5S.C13H13NO.C11H21N3O4S/c1-24(2,3)33-23(30)28-11-17(12-28)27-13-18(14-27)34(31,32)26-22(29)25-21-19-8-4-6-15(19)10-16-7-5-9-20(16)21;14-8-15-13-11-5-1-3-9(11)7-10-4-2-6-12(10)13;1-11(2,3)18-10(15)14-4-8(5-14)13-6-9(7-13)19(12,16)17/h10,17-18H,4-9,11-14H2,1-3H3,(H2,25,26,29);7H,1-6H2;8-9H,4-7H2,1-3H3,(H2,12,16,17). The molecule has 20 heteroatoms. The van der Waals surface area contributed by atoms with Gasteiger partial charge in [-0.2, -0.15) is 0 Å². The van der Waals surface area contributed by atoms with Crippen molar-refractivity contribution < 1.29 is 45.4 Å². The maximum Gasteiger partial charge on any atom is 0.410 e. The predicted octanol–water partition coefficient (Wildman–Crippen LogP) is 4.52. The highest BCUT2D eigenvalue weighted by Crippen LogP contribution is 2.41. The van der Waals surface area contributed by atoms with E-state index in [4.69, 9.17) is 24.6 Å². The highest BCUT2D eigenvalue weighted by Gasteiger charge is 2.47. The smallest absolute Gasteiger partial charge is 0.410 e. The van der Waals surface area contributed by atoms with Gasteiger partial charge in [0.2, 0.25) is 20.0 Å². The number of nitrogens with one attached hydrogen (secondary N) is 2. The summed E-state index contributed by atoms with van der Waals surface area (Å²) in [7, 11) is -7.20. The average Bonchev–Trinajstić information content (AvgIpc) is 3.98. The van der Waals surface area contributed by atoms with Crippen LogP contribution < -0.4 is 19.9 Å². The molecule has 4 fully saturated rings. The van der Waals surface area contributed by atoms with E-state index in [9.17, 15) is 31.2 Å². The number of nitrogens with two attached hydrogens (primary N) is 1. The van der Waals surface area contributed by atoms with Crippen molar-refractivity contribution in [2.24, 2.45) is 5.14 Å². The first-order valence-corrected chi connectivity index (χ1v) is 27.3. The summed E-state index contributed by atoms with van der Waals surface area (Å²) in [6.07, 6.45) is 14.1. The highest BCUT2D eigenvalue weighted by molar-refractivity contribution is 7.90. The summed E-state index contributed by atoms with van der Waals surface area (Å²) in [6, 6.07) is 4.30. The van der Waals surface area contributed by atoms with Crippen molar-refractivity contribution in [1.82, 2.24) is 24.3 Å². The molecule has 4 saturated heterocycles. The number of fused-ring (bicyclic) bond motifs is 4. The van der Waals surface area contributed by atoms with Gasteiger partial charge in [0, 0.05) is 70.1 Å². The first-order chi connectivity index (χ1) is 32.0. The number of carbonyl (C=O) groups excluding carboxylic acids is 3. The lowest BCUT2D eigenvalue weighted by Crippen LogP contribution is -2.69. The number of hydrogen-bond donors (Lipinski definition) is 3. The minimum absolute atomic E-state index is 0.127. The molecule has 4 heterocycles. The number of hydrogen-bond acceptors (Lipinski definition) is 13. The first-order valence-electron chi connectivity index (χ1n) is 24.1. The Morgan fingerprint density at radius 1 is 0.618 bits per heavy atom. The molecular weight excluding hydrogens is 913 g/mol. The molecule has 0 atom stereocenters. The Balaban J connectivity index is 0.000000154. The third-order valence-corrected chi connectivity index (χ3v) is 17.1. The fourth-order valence-electron chi connectivity index (χ4n) is 10.5. The summed E-state index contributed by atoms with van der Waals surface area (Å²) in [5.74, 6) is 0.903. The molecule has 0 spiro atoms. The SMILES string of the molecule is CC(C)(C)OC(=O)N1CC(N2CC(S(=O)(=O)NC(=O)Nc3c4c(cc5c3CCC5)CCC4)C2)C1.CC(C)(C)OC(=O)N1CC(N2CC(S(N)(=O)=O)C2)C1.N#COc1c2c(cc3c1CCC3)CCC2. The Bertz CT molecular complexity index is 2500. The van der Waals surface area contributed by atoms with Crippen LogP contribution in [0.15, 0.2) is 12.1 Å². The van der Waals surface area contributed by atoms with Gasteiger partial charge in [0.1, 0.15) is 27.5 Å². The monoisotopic (exact) mass is 980 g/mol. The third-order valence-electron chi connectivity index (χ3n) is 14.2. The Labute approximate surface area is 401 Å². The van der Waals surface area contributed by atoms with E-state index in [0.717, 1.165) is 75.6 Å². The lowest BCUT2D eigenvalue weighted by atomic mass is 9.99. The summed E-state index contributed by atoms with van der Waals surface area (Å²) >= 11 is 0.